The van der Waals surface area contributed by atoms with Crippen molar-refractivity contribution < 1.29 is 9.84 Å². The molecule has 24 heavy (non-hydrogen) atoms. The number of hydrazine groups is 2. The Morgan fingerprint density at radius 1 is 1.29 bits per heavy atom. The number of aliphatic hydroxyl groups is 1. The molecule has 0 bridgehead atoms. The third-order valence-corrected chi connectivity index (χ3v) is 4.46. The average molecular weight is 351 g/mol. The lowest BCUT2D eigenvalue weighted by Crippen LogP contribution is -2.48. The van der Waals surface area contributed by atoms with E-state index in [0.29, 0.717) is 17.3 Å². The van der Waals surface area contributed by atoms with Crippen LogP contribution in [-0.4, -0.2) is 47.2 Å². The minimum Gasteiger partial charge on any atom is -0.495 e. The van der Waals surface area contributed by atoms with Gasteiger partial charge in [0.25, 0.3) is 0 Å². The van der Waals surface area contributed by atoms with Crippen molar-refractivity contribution in [2.75, 3.05) is 26.9 Å². The molecule has 0 unspecified atom stereocenters. The van der Waals surface area contributed by atoms with E-state index in [9.17, 15) is 5.11 Å². The normalized spacial score (nSPS) is 18.0. The second kappa shape index (κ2) is 7.79. The Labute approximate surface area is 147 Å². The van der Waals surface area contributed by atoms with E-state index in [1.165, 1.54) is 12.8 Å². The van der Waals surface area contributed by atoms with E-state index in [2.05, 4.69) is 10.3 Å². The number of methoxy groups -OCH3 is 1. The van der Waals surface area contributed by atoms with Crippen LogP contribution in [0.25, 0.3) is 0 Å². The van der Waals surface area contributed by atoms with E-state index in [0.717, 1.165) is 24.4 Å². The van der Waals surface area contributed by atoms with Crippen molar-refractivity contribution >= 4 is 11.6 Å². The predicted molar refractivity (Wildman–Crippen MR) is 93.6 cm³/mol. The number of halogens is 1. The molecule has 6 nitrogen and oxygen atoms in total. The van der Waals surface area contributed by atoms with Crippen molar-refractivity contribution in [3.05, 3.63) is 53.0 Å². The lowest BCUT2D eigenvalue weighted by molar-refractivity contribution is -0.140. The van der Waals surface area contributed by atoms with Crippen LogP contribution in [0.2, 0.25) is 5.02 Å². The SMILES string of the molecule is COc1ccc(CNC2=CN(CO)N(N3CCCC3)C=C2)cc1Cl. The molecule has 0 radical (unpaired) electrons. The van der Waals surface area contributed by atoms with Crippen LogP contribution < -0.4 is 10.1 Å². The van der Waals surface area contributed by atoms with Crippen molar-refractivity contribution in [3.8, 4) is 5.75 Å². The van der Waals surface area contributed by atoms with Gasteiger partial charge in [-0.3, -0.25) is 5.01 Å². The van der Waals surface area contributed by atoms with Gasteiger partial charge in [-0.25, -0.2) is 10.1 Å². The summed E-state index contributed by atoms with van der Waals surface area (Å²) in [7, 11) is 1.60. The number of rotatable bonds is 6. The van der Waals surface area contributed by atoms with Gasteiger partial charge in [0, 0.05) is 32.0 Å². The van der Waals surface area contributed by atoms with E-state index in [-0.39, 0.29) is 6.73 Å². The van der Waals surface area contributed by atoms with Gasteiger partial charge in [0.05, 0.1) is 17.8 Å². The molecule has 2 aliphatic heterocycles. The Kier molecular flexibility index (Phi) is 5.50. The van der Waals surface area contributed by atoms with E-state index in [1.54, 1.807) is 12.1 Å². The van der Waals surface area contributed by atoms with Crippen LogP contribution in [0.3, 0.4) is 0 Å². The molecule has 1 saturated heterocycles. The number of ether oxygens (including phenoxy) is 1. The van der Waals surface area contributed by atoms with Crippen molar-refractivity contribution in [2.45, 2.75) is 19.4 Å². The fraction of sp³-hybridized carbons (Fsp3) is 0.412. The highest BCUT2D eigenvalue weighted by Crippen LogP contribution is 2.25. The van der Waals surface area contributed by atoms with Crippen LogP contribution in [0, 0.1) is 0 Å². The lowest BCUT2D eigenvalue weighted by atomic mass is 10.2. The number of nitrogens with one attached hydrogen (secondary N) is 1. The van der Waals surface area contributed by atoms with Gasteiger partial charge in [-0.2, -0.15) is 0 Å². The molecule has 2 aliphatic rings. The summed E-state index contributed by atoms with van der Waals surface area (Å²) >= 11 is 6.15. The number of hydrogen-bond donors (Lipinski definition) is 2. The van der Waals surface area contributed by atoms with Crippen molar-refractivity contribution in [1.82, 2.24) is 20.5 Å². The molecule has 2 heterocycles. The summed E-state index contributed by atoms with van der Waals surface area (Å²) in [6, 6.07) is 5.73. The van der Waals surface area contributed by atoms with Gasteiger partial charge in [0.2, 0.25) is 0 Å². The molecule has 0 amide bonds. The molecule has 0 atom stereocenters. The Balaban J connectivity index is 1.61. The second-order valence-corrected chi connectivity index (χ2v) is 6.19. The van der Waals surface area contributed by atoms with Crippen LogP contribution in [-0.2, 0) is 6.54 Å². The van der Waals surface area contributed by atoms with Crippen LogP contribution in [0.4, 0.5) is 0 Å². The summed E-state index contributed by atoms with van der Waals surface area (Å²) in [5.74, 6) is 0.671. The van der Waals surface area contributed by atoms with E-state index in [1.807, 2.05) is 41.8 Å². The first-order valence-corrected chi connectivity index (χ1v) is 8.47. The van der Waals surface area contributed by atoms with Gasteiger partial charge >= 0.3 is 0 Å². The smallest absolute Gasteiger partial charge is 0.137 e. The Morgan fingerprint density at radius 3 is 2.75 bits per heavy atom. The van der Waals surface area contributed by atoms with E-state index >= 15 is 0 Å². The minimum atomic E-state index is -0.0691. The van der Waals surface area contributed by atoms with Crippen LogP contribution in [0.5, 0.6) is 5.75 Å². The monoisotopic (exact) mass is 350 g/mol. The first kappa shape index (κ1) is 17.0. The largest absolute Gasteiger partial charge is 0.495 e. The lowest BCUT2D eigenvalue weighted by Gasteiger charge is -2.40. The maximum atomic E-state index is 9.64. The molecular formula is C17H23ClN4O2. The zero-order valence-corrected chi connectivity index (χ0v) is 14.5. The molecule has 2 N–H and O–H groups in total. The maximum absolute atomic E-state index is 9.64. The minimum absolute atomic E-state index is 0.0691. The quantitative estimate of drug-likeness (QED) is 0.821. The maximum Gasteiger partial charge on any atom is 0.137 e. The summed E-state index contributed by atoms with van der Waals surface area (Å²) in [4.78, 5) is 0. The van der Waals surface area contributed by atoms with Gasteiger partial charge in [-0.15, -0.1) is 0 Å². The van der Waals surface area contributed by atoms with Crippen molar-refractivity contribution in [3.63, 3.8) is 0 Å². The molecule has 0 aliphatic carbocycles. The highest BCUT2D eigenvalue weighted by atomic mass is 35.5. The summed E-state index contributed by atoms with van der Waals surface area (Å²) in [6.45, 7) is 2.60. The first-order valence-electron chi connectivity index (χ1n) is 8.09. The van der Waals surface area contributed by atoms with Crippen LogP contribution in [0.1, 0.15) is 18.4 Å². The molecular weight excluding hydrogens is 328 g/mol. The molecule has 0 saturated carbocycles. The molecule has 0 spiro atoms. The molecule has 130 valence electrons. The number of aliphatic hydroxyl groups excluding tert-OH is 1. The molecule has 1 fully saturated rings. The number of benzene rings is 1. The van der Waals surface area contributed by atoms with Gasteiger partial charge < -0.3 is 15.2 Å². The van der Waals surface area contributed by atoms with Gasteiger partial charge in [0.1, 0.15) is 12.5 Å². The van der Waals surface area contributed by atoms with Crippen molar-refractivity contribution in [1.29, 1.82) is 0 Å². The molecule has 1 aromatic carbocycles. The van der Waals surface area contributed by atoms with Gasteiger partial charge in [-0.05, 0) is 36.6 Å². The molecule has 7 heteroatoms. The Hall–Kier alpha value is -1.89. The molecule has 3 rings (SSSR count). The summed E-state index contributed by atoms with van der Waals surface area (Å²) < 4.78 is 5.16. The number of hydrogen-bond acceptors (Lipinski definition) is 6. The third-order valence-electron chi connectivity index (χ3n) is 4.17. The zero-order valence-electron chi connectivity index (χ0n) is 13.8. The molecule has 1 aromatic rings. The first-order chi connectivity index (χ1) is 11.7. The van der Waals surface area contributed by atoms with Crippen molar-refractivity contribution in [2.24, 2.45) is 0 Å². The van der Waals surface area contributed by atoms with Gasteiger partial charge in [0.15, 0.2) is 0 Å². The average Bonchev–Trinajstić information content (AvgIpc) is 3.14. The Morgan fingerprint density at radius 2 is 2.08 bits per heavy atom. The van der Waals surface area contributed by atoms with Crippen LogP contribution >= 0.6 is 11.6 Å². The Bertz CT molecular complexity index is 629. The summed E-state index contributed by atoms with van der Waals surface area (Å²) in [6.07, 6.45) is 8.28. The standard InChI is InChI=1S/C17H23ClN4O2/c1-24-17-5-4-14(10-16(17)18)11-19-15-6-9-22(21(12-15)13-23)20-7-2-3-8-20/h4-6,9-10,12,19,23H,2-3,7-8,11,13H2,1H3. The fourth-order valence-electron chi connectivity index (χ4n) is 2.89. The fourth-order valence-corrected chi connectivity index (χ4v) is 3.17. The topological polar surface area (TPSA) is 51.2 Å². The zero-order chi connectivity index (χ0) is 16.9. The van der Waals surface area contributed by atoms with E-state index in [4.69, 9.17) is 16.3 Å². The summed E-state index contributed by atoms with van der Waals surface area (Å²) in [5, 5.41) is 19.6. The number of allylic oxidation sites excluding steroid dienone is 1. The third kappa shape index (κ3) is 3.77. The predicted octanol–water partition coefficient (Wildman–Crippen LogP) is 2.29. The van der Waals surface area contributed by atoms with Gasteiger partial charge in [-0.1, -0.05) is 17.7 Å². The van der Waals surface area contributed by atoms with E-state index < -0.39 is 0 Å². The summed E-state index contributed by atoms with van der Waals surface area (Å²) in [5.41, 5.74) is 2.00. The number of nitrogens with zero attached hydrogens (tertiary/aromatic N) is 3. The van der Waals surface area contributed by atoms with Crippen LogP contribution in [0.15, 0.2) is 42.4 Å². The molecule has 0 aromatic heterocycles. The highest BCUT2D eigenvalue weighted by molar-refractivity contribution is 6.32. The highest BCUT2D eigenvalue weighted by Gasteiger charge is 2.22. The second-order valence-electron chi connectivity index (χ2n) is 5.78.